The van der Waals surface area contributed by atoms with Gasteiger partial charge in [0.15, 0.2) is 5.78 Å². The summed E-state index contributed by atoms with van der Waals surface area (Å²) in [4.78, 5) is 35.4. The molecule has 0 aliphatic heterocycles. The average Bonchev–Trinajstić information content (AvgIpc) is 2.61. The zero-order valence-electron chi connectivity index (χ0n) is 13.5. The van der Waals surface area contributed by atoms with Gasteiger partial charge in [0.05, 0.1) is 12.7 Å². The Kier molecular flexibility index (Phi) is 6.25. The number of ether oxygens (including phenoxy) is 1. The maximum absolute atomic E-state index is 12.0. The van der Waals surface area contributed by atoms with Gasteiger partial charge in [-0.1, -0.05) is 36.4 Å². The number of hydrogen-bond donors (Lipinski definition) is 1. The van der Waals surface area contributed by atoms with Gasteiger partial charge in [0.1, 0.15) is 0 Å². The number of nitrogens with one attached hydrogen (secondary N) is 1. The van der Waals surface area contributed by atoms with Crippen molar-refractivity contribution in [3.63, 3.8) is 0 Å². The molecule has 0 unspecified atom stereocenters. The summed E-state index contributed by atoms with van der Waals surface area (Å²) < 4.78 is 4.64. The van der Waals surface area contributed by atoms with E-state index in [1.165, 1.54) is 7.11 Å². The number of carbonyl (C=O) groups excluding carboxylic acids is 3. The molecule has 0 bridgehead atoms. The molecule has 0 aliphatic carbocycles. The fourth-order valence-corrected chi connectivity index (χ4v) is 2.24. The van der Waals surface area contributed by atoms with Crippen LogP contribution in [-0.4, -0.2) is 24.8 Å². The van der Waals surface area contributed by atoms with E-state index in [0.29, 0.717) is 29.7 Å². The minimum absolute atomic E-state index is 0.0242. The predicted octanol–water partition coefficient (Wildman–Crippen LogP) is 3.46. The molecule has 0 spiro atoms. The summed E-state index contributed by atoms with van der Waals surface area (Å²) >= 11 is 0. The smallest absolute Gasteiger partial charge is 0.337 e. The van der Waals surface area contributed by atoms with Crippen LogP contribution in [0.4, 0.5) is 5.69 Å². The Hall–Kier alpha value is -2.95. The lowest BCUT2D eigenvalue weighted by Crippen LogP contribution is -2.12. The first-order valence-electron chi connectivity index (χ1n) is 7.66. The van der Waals surface area contributed by atoms with Gasteiger partial charge in [0.25, 0.3) is 0 Å². The number of anilines is 1. The third-order valence-electron chi connectivity index (χ3n) is 3.47. The molecule has 24 heavy (non-hydrogen) atoms. The molecule has 2 rings (SSSR count). The van der Waals surface area contributed by atoms with Crippen LogP contribution in [-0.2, 0) is 9.53 Å². The summed E-state index contributed by atoms with van der Waals surface area (Å²) in [6.45, 7) is 0. The van der Waals surface area contributed by atoms with Crippen LogP contribution in [0.3, 0.4) is 0 Å². The van der Waals surface area contributed by atoms with Gasteiger partial charge in [-0.15, -0.1) is 0 Å². The summed E-state index contributed by atoms with van der Waals surface area (Å²) in [5, 5.41) is 2.72. The van der Waals surface area contributed by atoms with E-state index in [9.17, 15) is 14.4 Å². The van der Waals surface area contributed by atoms with Gasteiger partial charge in [0.2, 0.25) is 5.91 Å². The van der Waals surface area contributed by atoms with Gasteiger partial charge in [-0.3, -0.25) is 9.59 Å². The highest BCUT2D eigenvalue weighted by Gasteiger charge is 2.09. The molecule has 0 fully saturated rings. The SMILES string of the molecule is COC(=O)c1cccc(NC(=O)CCCC(=O)c2ccccc2)c1. The molecule has 2 aromatic carbocycles. The van der Waals surface area contributed by atoms with Crippen LogP contribution in [0.2, 0.25) is 0 Å². The maximum atomic E-state index is 12.0. The van der Waals surface area contributed by atoms with Crippen molar-refractivity contribution in [2.24, 2.45) is 0 Å². The predicted molar refractivity (Wildman–Crippen MR) is 91.0 cm³/mol. The second-order valence-corrected chi connectivity index (χ2v) is 5.26. The molecular formula is C19H19NO4. The lowest BCUT2D eigenvalue weighted by atomic mass is 10.1. The molecule has 1 amide bonds. The quantitative estimate of drug-likeness (QED) is 0.625. The number of Topliss-reactive ketones (excluding diaryl/α,β-unsaturated/α-hetero) is 1. The van der Waals surface area contributed by atoms with Gasteiger partial charge >= 0.3 is 5.97 Å². The van der Waals surface area contributed by atoms with Gasteiger partial charge in [-0.05, 0) is 24.6 Å². The summed E-state index contributed by atoms with van der Waals surface area (Å²) in [6.07, 6.45) is 1.02. The van der Waals surface area contributed by atoms with Crippen LogP contribution in [0.15, 0.2) is 54.6 Å². The molecular weight excluding hydrogens is 306 g/mol. The molecule has 0 aromatic heterocycles. The fourth-order valence-electron chi connectivity index (χ4n) is 2.24. The minimum atomic E-state index is -0.459. The second kappa shape index (κ2) is 8.62. The number of rotatable bonds is 7. The van der Waals surface area contributed by atoms with E-state index >= 15 is 0 Å². The Balaban J connectivity index is 1.81. The van der Waals surface area contributed by atoms with E-state index in [1.54, 1.807) is 36.4 Å². The molecule has 1 N–H and O–H groups in total. The van der Waals surface area contributed by atoms with Gasteiger partial charge in [-0.25, -0.2) is 4.79 Å². The first-order valence-corrected chi connectivity index (χ1v) is 7.66. The summed E-state index contributed by atoms with van der Waals surface area (Å²) in [5.41, 5.74) is 1.55. The van der Waals surface area contributed by atoms with Crippen LogP contribution in [0.5, 0.6) is 0 Å². The summed E-state index contributed by atoms with van der Waals surface area (Å²) in [7, 11) is 1.30. The van der Waals surface area contributed by atoms with Crippen molar-refractivity contribution in [1.82, 2.24) is 0 Å². The van der Waals surface area contributed by atoms with Crippen molar-refractivity contribution < 1.29 is 19.1 Å². The Morgan fingerprint density at radius 3 is 2.33 bits per heavy atom. The molecule has 5 heteroatoms. The van der Waals surface area contributed by atoms with E-state index in [1.807, 2.05) is 18.2 Å². The number of ketones is 1. The topological polar surface area (TPSA) is 72.5 Å². The van der Waals surface area contributed by atoms with Crippen LogP contribution in [0, 0.1) is 0 Å². The molecule has 0 aliphatic rings. The van der Waals surface area contributed by atoms with Crippen molar-refractivity contribution in [1.29, 1.82) is 0 Å². The second-order valence-electron chi connectivity index (χ2n) is 5.26. The first-order chi connectivity index (χ1) is 11.6. The van der Waals surface area contributed by atoms with Gasteiger partial charge in [0, 0.05) is 24.1 Å². The highest BCUT2D eigenvalue weighted by atomic mass is 16.5. The number of methoxy groups -OCH3 is 1. The van der Waals surface area contributed by atoms with E-state index < -0.39 is 5.97 Å². The molecule has 0 heterocycles. The summed E-state index contributed by atoms with van der Waals surface area (Å²) in [6, 6.07) is 15.5. The van der Waals surface area contributed by atoms with Crippen LogP contribution < -0.4 is 5.32 Å². The molecule has 0 saturated carbocycles. The Morgan fingerprint density at radius 2 is 1.62 bits per heavy atom. The van der Waals surface area contributed by atoms with Crippen molar-refractivity contribution in [2.75, 3.05) is 12.4 Å². The molecule has 0 radical (unpaired) electrons. The van der Waals surface area contributed by atoms with E-state index in [2.05, 4.69) is 10.1 Å². The lowest BCUT2D eigenvalue weighted by molar-refractivity contribution is -0.116. The molecule has 2 aromatic rings. The fraction of sp³-hybridized carbons (Fsp3) is 0.211. The van der Waals surface area contributed by atoms with Crippen molar-refractivity contribution in [3.05, 3.63) is 65.7 Å². The zero-order valence-corrected chi connectivity index (χ0v) is 13.5. The molecule has 0 atom stereocenters. The Labute approximate surface area is 140 Å². The average molecular weight is 325 g/mol. The van der Waals surface area contributed by atoms with E-state index in [-0.39, 0.29) is 18.1 Å². The number of carbonyl (C=O) groups is 3. The normalized spacial score (nSPS) is 10.0. The zero-order chi connectivity index (χ0) is 17.4. The number of benzene rings is 2. The summed E-state index contributed by atoms with van der Waals surface area (Å²) in [5.74, 6) is -0.631. The van der Waals surface area contributed by atoms with Crippen molar-refractivity contribution in [3.8, 4) is 0 Å². The van der Waals surface area contributed by atoms with Gasteiger partial charge in [-0.2, -0.15) is 0 Å². The third-order valence-corrected chi connectivity index (χ3v) is 3.47. The van der Waals surface area contributed by atoms with Crippen LogP contribution >= 0.6 is 0 Å². The molecule has 5 nitrogen and oxygen atoms in total. The minimum Gasteiger partial charge on any atom is -0.465 e. The number of amides is 1. The third kappa shape index (κ3) is 5.05. The van der Waals surface area contributed by atoms with E-state index in [4.69, 9.17) is 0 Å². The molecule has 0 saturated heterocycles. The Bertz CT molecular complexity index is 725. The van der Waals surface area contributed by atoms with Gasteiger partial charge < -0.3 is 10.1 Å². The number of hydrogen-bond acceptors (Lipinski definition) is 4. The van der Waals surface area contributed by atoms with Crippen LogP contribution in [0.25, 0.3) is 0 Å². The van der Waals surface area contributed by atoms with Crippen molar-refractivity contribution >= 4 is 23.3 Å². The van der Waals surface area contributed by atoms with E-state index in [0.717, 1.165) is 0 Å². The standard InChI is InChI=1S/C19H19NO4/c1-24-19(23)15-9-5-10-16(13-15)20-18(22)12-6-11-17(21)14-7-3-2-4-8-14/h2-5,7-10,13H,6,11-12H2,1H3,(H,20,22). The highest BCUT2D eigenvalue weighted by molar-refractivity contribution is 5.97. The largest absolute Gasteiger partial charge is 0.465 e. The monoisotopic (exact) mass is 325 g/mol. The van der Waals surface area contributed by atoms with Crippen LogP contribution in [0.1, 0.15) is 40.0 Å². The molecule has 124 valence electrons. The lowest BCUT2D eigenvalue weighted by Gasteiger charge is -2.07. The number of esters is 1. The Morgan fingerprint density at radius 1 is 0.917 bits per heavy atom. The van der Waals surface area contributed by atoms with Crippen molar-refractivity contribution in [2.45, 2.75) is 19.3 Å². The first kappa shape index (κ1) is 17.4. The maximum Gasteiger partial charge on any atom is 0.337 e. The highest BCUT2D eigenvalue weighted by Crippen LogP contribution is 2.13.